The zero-order valence-corrected chi connectivity index (χ0v) is 16.4. The molecule has 0 spiro atoms. The van der Waals surface area contributed by atoms with Crippen molar-refractivity contribution in [2.45, 2.75) is 0 Å². The summed E-state index contributed by atoms with van der Waals surface area (Å²) in [5, 5.41) is 14.1. The molecule has 0 bridgehead atoms. The topological polar surface area (TPSA) is 49.8 Å². The molecule has 0 fully saturated rings. The number of aromatic nitrogens is 1. The molecule has 142 valence electrons. The Morgan fingerprint density at radius 3 is 2.42 bits per heavy atom. The summed E-state index contributed by atoms with van der Waals surface area (Å²) in [6.07, 6.45) is 1.71. The summed E-state index contributed by atoms with van der Waals surface area (Å²) in [5.74, 6) is 0. The van der Waals surface area contributed by atoms with E-state index >= 15 is 0 Å². The molecule has 0 atom stereocenters. The third kappa shape index (κ3) is 2.09. The zero-order chi connectivity index (χ0) is 20.5. The van der Waals surface area contributed by atoms with Crippen LogP contribution < -0.4 is 0 Å². The van der Waals surface area contributed by atoms with Crippen LogP contribution in [0, 0.1) is 11.3 Å². The molecule has 3 heteroatoms. The fraction of sp³-hybridized carbons (Fsp3) is 0. The van der Waals surface area contributed by atoms with Crippen LogP contribution in [0.5, 0.6) is 0 Å². The minimum absolute atomic E-state index is 0.595. The van der Waals surface area contributed by atoms with Crippen LogP contribution in [-0.2, 0) is 0 Å². The SMILES string of the molecule is N#Cc1ccnc(-c2c3c(cc4oc5ccccc5c24)-c2cccc4cccc-3c24)c1. The summed E-state index contributed by atoms with van der Waals surface area (Å²) in [4.78, 5) is 4.71. The molecule has 0 saturated heterocycles. The minimum atomic E-state index is 0.595. The summed E-state index contributed by atoms with van der Waals surface area (Å²) in [6.45, 7) is 0. The van der Waals surface area contributed by atoms with E-state index in [0.717, 1.165) is 44.3 Å². The number of fused-ring (bicyclic) bond motifs is 6. The molecule has 2 heterocycles. The van der Waals surface area contributed by atoms with Gasteiger partial charge in [-0.25, -0.2) is 0 Å². The van der Waals surface area contributed by atoms with Gasteiger partial charge in [-0.3, -0.25) is 4.98 Å². The van der Waals surface area contributed by atoms with Crippen molar-refractivity contribution in [2.75, 3.05) is 0 Å². The highest BCUT2D eigenvalue weighted by Gasteiger charge is 2.28. The molecule has 0 amide bonds. The van der Waals surface area contributed by atoms with Gasteiger partial charge in [0.15, 0.2) is 0 Å². The molecule has 6 aromatic rings. The van der Waals surface area contributed by atoms with Crippen LogP contribution in [0.1, 0.15) is 5.56 Å². The summed E-state index contributed by atoms with van der Waals surface area (Å²) in [6, 6.07) is 29.0. The maximum atomic E-state index is 9.52. The van der Waals surface area contributed by atoms with Crippen LogP contribution >= 0.6 is 0 Å². The van der Waals surface area contributed by atoms with E-state index in [0.29, 0.717) is 5.56 Å². The van der Waals surface area contributed by atoms with Crippen molar-refractivity contribution in [1.29, 1.82) is 5.26 Å². The summed E-state index contributed by atoms with van der Waals surface area (Å²) in [5.41, 5.74) is 8.82. The first-order valence-electron chi connectivity index (χ1n) is 10.2. The Hall–Kier alpha value is -4.42. The third-order valence-electron chi connectivity index (χ3n) is 6.28. The lowest BCUT2D eigenvalue weighted by Crippen LogP contribution is -1.91. The van der Waals surface area contributed by atoms with Gasteiger partial charge in [-0.2, -0.15) is 5.26 Å². The number of rotatable bonds is 1. The van der Waals surface area contributed by atoms with E-state index in [2.05, 4.69) is 54.6 Å². The van der Waals surface area contributed by atoms with Crippen molar-refractivity contribution >= 4 is 32.7 Å². The molecule has 0 N–H and O–H groups in total. The van der Waals surface area contributed by atoms with E-state index < -0.39 is 0 Å². The fourth-order valence-corrected chi connectivity index (χ4v) is 5.05. The van der Waals surface area contributed by atoms with Crippen LogP contribution in [-0.4, -0.2) is 4.98 Å². The number of hydrogen-bond acceptors (Lipinski definition) is 3. The van der Waals surface area contributed by atoms with Crippen LogP contribution in [0.3, 0.4) is 0 Å². The lowest BCUT2D eigenvalue weighted by molar-refractivity contribution is 0.669. The molecule has 31 heavy (non-hydrogen) atoms. The van der Waals surface area contributed by atoms with Gasteiger partial charge >= 0.3 is 0 Å². The standard InChI is InChI=1S/C28H14N2O/c29-15-16-11-12-30-22(13-16)28-26-20-9-4-6-17-5-3-8-18(25(17)20)21(26)14-24-27(28)19-7-1-2-10-23(19)31-24/h1-14H. The first-order valence-corrected chi connectivity index (χ1v) is 10.2. The summed E-state index contributed by atoms with van der Waals surface area (Å²) >= 11 is 0. The number of para-hydroxylation sites is 1. The quantitative estimate of drug-likeness (QED) is 0.293. The minimum Gasteiger partial charge on any atom is -0.456 e. The Balaban J connectivity index is 1.75. The van der Waals surface area contributed by atoms with Crippen LogP contribution in [0.25, 0.3) is 66.2 Å². The maximum absolute atomic E-state index is 9.52. The molecular formula is C28H14N2O. The second kappa shape index (κ2) is 5.81. The van der Waals surface area contributed by atoms with Gasteiger partial charge in [0.25, 0.3) is 0 Å². The van der Waals surface area contributed by atoms with E-state index in [9.17, 15) is 5.26 Å². The number of hydrogen-bond donors (Lipinski definition) is 0. The summed E-state index contributed by atoms with van der Waals surface area (Å²) < 4.78 is 6.30. The molecular weight excluding hydrogens is 380 g/mol. The molecule has 1 aliphatic carbocycles. The average Bonchev–Trinajstić information content (AvgIpc) is 3.35. The highest BCUT2D eigenvalue weighted by molar-refractivity contribution is 6.25. The Morgan fingerprint density at radius 2 is 1.55 bits per heavy atom. The molecule has 7 rings (SSSR count). The predicted octanol–water partition coefficient (Wildman–Crippen LogP) is 7.32. The zero-order valence-electron chi connectivity index (χ0n) is 16.4. The third-order valence-corrected chi connectivity index (χ3v) is 6.28. The normalized spacial score (nSPS) is 11.8. The Morgan fingerprint density at radius 1 is 0.710 bits per heavy atom. The number of pyridine rings is 1. The first-order chi connectivity index (χ1) is 15.3. The fourth-order valence-electron chi connectivity index (χ4n) is 5.05. The molecule has 0 aliphatic heterocycles. The molecule has 3 nitrogen and oxygen atoms in total. The Bertz CT molecular complexity index is 1750. The molecule has 1 aliphatic rings. The molecule has 0 unspecified atom stereocenters. The highest BCUT2D eigenvalue weighted by Crippen LogP contribution is 2.54. The van der Waals surface area contributed by atoms with Crippen molar-refractivity contribution in [1.82, 2.24) is 4.98 Å². The van der Waals surface area contributed by atoms with Gasteiger partial charge in [-0.1, -0.05) is 54.6 Å². The van der Waals surface area contributed by atoms with Crippen LogP contribution in [0.15, 0.2) is 89.5 Å². The van der Waals surface area contributed by atoms with Crippen molar-refractivity contribution in [3.63, 3.8) is 0 Å². The predicted molar refractivity (Wildman–Crippen MR) is 124 cm³/mol. The largest absolute Gasteiger partial charge is 0.456 e. The van der Waals surface area contributed by atoms with Crippen molar-refractivity contribution in [3.8, 4) is 39.6 Å². The monoisotopic (exact) mass is 394 g/mol. The van der Waals surface area contributed by atoms with E-state index in [1.54, 1.807) is 12.3 Å². The number of nitrogens with zero attached hydrogens (tertiary/aromatic N) is 2. The van der Waals surface area contributed by atoms with E-state index in [1.165, 1.54) is 21.9 Å². The molecule has 0 saturated carbocycles. The average molecular weight is 394 g/mol. The van der Waals surface area contributed by atoms with Gasteiger partial charge in [0.1, 0.15) is 11.2 Å². The molecule has 2 aromatic heterocycles. The maximum Gasteiger partial charge on any atom is 0.136 e. The summed E-state index contributed by atoms with van der Waals surface area (Å²) in [7, 11) is 0. The van der Waals surface area contributed by atoms with E-state index in [4.69, 9.17) is 9.40 Å². The lowest BCUT2D eigenvalue weighted by Gasteiger charge is -2.12. The Kier molecular flexibility index (Phi) is 3.07. The number of nitriles is 1. The lowest BCUT2D eigenvalue weighted by atomic mass is 9.91. The van der Waals surface area contributed by atoms with Gasteiger partial charge in [0.2, 0.25) is 0 Å². The van der Waals surface area contributed by atoms with E-state index in [-0.39, 0.29) is 0 Å². The van der Waals surface area contributed by atoms with Crippen LogP contribution in [0.4, 0.5) is 0 Å². The number of furan rings is 1. The number of benzene rings is 4. The van der Waals surface area contributed by atoms with Crippen molar-refractivity contribution in [3.05, 3.63) is 90.6 Å². The first kappa shape index (κ1) is 16.4. The second-order valence-corrected chi connectivity index (χ2v) is 7.90. The smallest absolute Gasteiger partial charge is 0.136 e. The van der Waals surface area contributed by atoms with Gasteiger partial charge in [0.05, 0.1) is 17.3 Å². The van der Waals surface area contributed by atoms with E-state index in [1.807, 2.05) is 24.3 Å². The van der Waals surface area contributed by atoms with Crippen molar-refractivity contribution < 1.29 is 4.42 Å². The Labute approximate surface area is 177 Å². The van der Waals surface area contributed by atoms with Gasteiger partial charge in [-0.15, -0.1) is 0 Å². The second-order valence-electron chi connectivity index (χ2n) is 7.90. The van der Waals surface area contributed by atoms with Crippen molar-refractivity contribution in [2.24, 2.45) is 0 Å². The molecule has 0 radical (unpaired) electrons. The van der Waals surface area contributed by atoms with Gasteiger partial charge < -0.3 is 4.42 Å². The molecule has 4 aromatic carbocycles. The van der Waals surface area contributed by atoms with Gasteiger partial charge in [0, 0.05) is 28.1 Å². The highest BCUT2D eigenvalue weighted by atomic mass is 16.3. The van der Waals surface area contributed by atoms with Crippen LogP contribution in [0.2, 0.25) is 0 Å². The van der Waals surface area contributed by atoms with Gasteiger partial charge in [-0.05, 0) is 51.7 Å².